The Hall–Kier alpha value is -4.20. The van der Waals surface area contributed by atoms with Gasteiger partial charge in [0.15, 0.2) is 0 Å². The first-order valence-electron chi connectivity index (χ1n) is 11.4. The topological polar surface area (TPSA) is 124 Å². The lowest BCUT2D eigenvalue weighted by molar-refractivity contribution is -0.137. The molecule has 37 heavy (non-hydrogen) atoms. The van der Waals surface area contributed by atoms with Crippen molar-refractivity contribution in [2.75, 3.05) is 42.4 Å². The molecule has 2 amide bonds. The Bertz CT molecular complexity index is 1290. The number of ether oxygens (including phenoxy) is 2. The fraction of sp³-hybridized carbons (Fsp3) is 0.222. The second-order valence-corrected chi connectivity index (χ2v) is 8.26. The van der Waals surface area contributed by atoms with Gasteiger partial charge in [-0.05, 0) is 54.1 Å². The van der Waals surface area contributed by atoms with Gasteiger partial charge in [0.25, 0.3) is 0 Å². The normalized spacial score (nSPS) is 12.7. The van der Waals surface area contributed by atoms with Crippen LogP contribution in [0.4, 0.5) is 27.5 Å². The monoisotopic (exact) mass is 520 g/mol. The summed E-state index contributed by atoms with van der Waals surface area (Å²) in [6, 6.07) is 21.3. The molecule has 1 atom stereocenters. The first-order chi connectivity index (χ1) is 17.5. The summed E-state index contributed by atoms with van der Waals surface area (Å²) < 4.78 is 11.0. The number of hydrogen-bond donors (Lipinski definition) is 3. The van der Waals surface area contributed by atoms with Crippen molar-refractivity contribution in [1.82, 2.24) is 0 Å². The maximum atomic E-state index is 13.0. The van der Waals surface area contributed by atoms with Gasteiger partial charge >= 0.3 is 12.0 Å². The number of aliphatic carboxylic acids is 1. The highest BCUT2D eigenvalue weighted by Gasteiger charge is 2.24. The van der Waals surface area contributed by atoms with Crippen molar-refractivity contribution in [3.8, 4) is 11.8 Å². The standard InChI is InChI=1S/C27H26N4O5.H2S/c1-35-17-20(15-26(32)33)19-8-11-23(31-12-13-36-25-5-3-2-4-24(25)31)22(14-19)30-27(34)29-21-9-6-18(16-28)7-10-21;/h2-11,14,20H,12-13,15,17H2,1H3,(H,32,33)(H2,29,30,34);1H2/t20-;/m1./s1. The van der Waals surface area contributed by atoms with Crippen LogP contribution < -0.4 is 20.3 Å². The van der Waals surface area contributed by atoms with E-state index in [0.29, 0.717) is 30.1 Å². The van der Waals surface area contributed by atoms with Gasteiger partial charge in [0.1, 0.15) is 12.4 Å². The molecule has 1 heterocycles. The number of hydrogen-bond acceptors (Lipinski definition) is 6. The van der Waals surface area contributed by atoms with E-state index in [1.807, 2.05) is 42.5 Å². The van der Waals surface area contributed by atoms with E-state index >= 15 is 0 Å². The number of fused-ring (bicyclic) bond motifs is 1. The molecular formula is C27H28N4O5S. The van der Waals surface area contributed by atoms with E-state index in [0.717, 1.165) is 22.7 Å². The number of rotatable bonds is 8. The molecule has 1 aliphatic heterocycles. The molecule has 9 nitrogen and oxygen atoms in total. The second-order valence-electron chi connectivity index (χ2n) is 8.26. The van der Waals surface area contributed by atoms with Crippen LogP contribution in [0.1, 0.15) is 23.5 Å². The van der Waals surface area contributed by atoms with Crippen LogP contribution in [0.2, 0.25) is 0 Å². The Kier molecular flexibility index (Phi) is 9.38. The molecule has 0 saturated heterocycles. The van der Waals surface area contributed by atoms with E-state index in [1.54, 1.807) is 30.3 Å². The number of methoxy groups -OCH3 is 1. The van der Waals surface area contributed by atoms with E-state index in [-0.39, 0.29) is 32.4 Å². The Balaban J connectivity index is 0.00000380. The van der Waals surface area contributed by atoms with E-state index in [2.05, 4.69) is 15.5 Å². The van der Waals surface area contributed by atoms with E-state index in [4.69, 9.17) is 14.7 Å². The van der Waals surface area contributed by atoms with Gasteiger partial charge in [0, 0.05) is 18.7 Å². The summed E-state index contributed by atoms with van der Waals surface area (Å²) in [5.41, 5.74) is 3.88. The van der Waals surface area contributed by atoms with Gasteiger partial charge in [-0.3, -0.25) is 4.79 Å². The number of amides is 2. The number of urea groups is 1. The van der Waals surface area contributed by atoms with Crippen molar-refractivity contribution >= 4 is 48.2 Å². The number of nitrogens with zero attached hydrogens (tertiary/aromatic N) is 2. The number of carbonyl (C=O) groups is 2. The number of carboxylic acid groups (broad SMARTS) is 1. The number of carboxylic acids is 1. The molecule has 0 aliphatic carbocycles. The highest BCUT2D eigenvalue weighted by molar-refractivity contribution is 7.59. The molecule has 10 heteroatoms. The molecule has 1 aliphatic rings. The van der Waals surface area contributed by atoms with Crippen LogP contribution in [0.25, 0.3) is 0 Å². The quantitative estimate of drug-likeness (QED) is 0.380. The second kappa shape index (κ2) is 12.7. The molecule has 0 bridgehead atoms. The van der Waals surface area contributed by atoms with Crippen LogP contribution in [0.15, 0.2) is 66.7 Å². The SMILES string of the molecule is COC[C@@H](CC(=O)O)c1ccc(N2CCOc3ccccc32)c(NC(=O)Nc2ccc(C#N)cc2)c1.S. The summed E-state index contributed by atoms with van der Waals surface area (Å²) in [4.78, 5) is 26.5. The molecule has 3 aromatic rings. The van der Waals surface area contributed by atoms with E-state index in [1.165, 1.54) is 7.11 Å². The van der Waals surface area contributed by atoms with Crippen molar-refractivity contribution in [2.45, 2.75) is 12.3 Å². The Morgan fingerprint density at radius 1 is 1.11 bits per heavy atom. The lowest BCUT2D eigenvalue weighted by Gasteiger charge is -2.33. The summed E-state index contributed by atoms with van der Waals surface area (Å²) in [7, 11) is 1.53. The van der Waals surface area contributed by atoms with Crippen LogP contribution in [-0.2, 0) is 9.53 Å². The van der Waals surface area contributed by atoms with Crippen LogP contribution in [0.5, 0.6) is 5.75 Å². The molecule has 0 aromatic heterocycles. The van der Waals surface area contributed by atoms with Crippen molar-refractivity contribution < 1.29 is 24.2 Å². The van der Waals surface area contributed by atoms with Gasteiger partial charge in [-0.2, -0.15) is 18.8 Å². The zero-order valence-corrected chi connectivity index (χ0v) is 21.2. The predicted octanol–water partition coefficient (Wildman–Crippen LogP) is 5.05. The number of nitriles is 1. The maximum absolute atomic E-state index is 13.0. The van der Waals surface area contributed by atoms with E-state index in [9.17, 15) is 14.7 Å². The zero-order chi connectivity index (χ0) is 25.5. The average Bonchev–Trinajstić information content (AvgIpc) is 2.88. The number of benzene rings is 3. The molecule has 3 aromatic carbocycles. The Morgan fingerprint density at radius 3 is 2.57 bits per heavy atom. The molecular weight excluding hydrogens is 492 g/mol. The molecule has 4 rings (SSSR count). The first-order valence-corrected chi connectivity index (χ1v) is 11.4. The zero-order valence-electron chi connectivity index (χ0n) is 20.2. The number of carbonyl (C=O) groups excluding carboxylic acids is 1. The van der Waals surface area contributed by atoms with Crippen molar-refractivity contribution in [3.05, 3.63) is 77.9 Å². The van der Waals surface area contributed by atoms with Gasteiger partial charge in [0.05, 0.1) is 48.3 Å². The lowest BCUT2D eigenvalue weighted by atomic mass is 9.95. The van der Waals surface area contributed by atoms with E-state index < -0.39 is 12.0 Å². The van der Waals surface area contributed by atoms with Gasteiger partial charge in [-0.25, -0.2) is 4.79 Å². The predicted molar refractivity (Wildman–Crippen MR) is 146 cm³/mol. The van der Waals surface area contributed by atoms with Crippen LogP contribution >= 0.6 is 13.5 Å². The largest absolute Gasteiger partial charge is 0.490 e. The minimum atomic E-state index is -0.934. The average molecular weight is 521 g/mol. The molecule has 0 saturated carbocycles. The minimum Gasteiger partial charge on any atom is -0.490 e. The third kappa shape index (κ3) is 6.73. The van der Waals surface area contributed by atoms with Gasteiger partial charge in [-0.1, -0.05) is 18.2 Å². The van der Waals surface area contributed by atoms with Crippen molar-refractivity contribution in [3.63, 3.8) is 0 Å². The van der Waals surface area contributed by atoms with Gasteiger partial charge in [0.2, 0.25) is 0 Å². The first kappa shape index (κ1) is 27.4. The molecule has 0 fully saturated rings. The summed E-state index contributed by atoms with van der Waals surface area (Å²) in [6.45, 7) is 1.27. The maximum Gasteiger partial charge on any atom is 0.323 e. The third-order valence-corrected chi connectivity index (χ3v) is 5.82. The molecule has 0 radical (unpaired) electrons. The minimum absolute atomic E-state index is 0. The summed E-state index contributed by atoms with van der Waals surface area (Å²) in [6.07, 6.45) is -0.107. The Labute approximate surface area is 222 Å². The molecule has 0 unspecified atom stereocenters. The molecule has 3 N–H and O–H groups in total. The van der Waals surface area contributed by atoms with Crippen LogP contribution in [0, 0.1) is 11.3 Å². The number of nitrogens with one attached hydrogen (secondary N) is 2. The van der Waals surface area contributed by atoms with Crippen LogP contribution in [-0.4, -0.2) is 44.0 Å². The highest BCUT2D eigenvalue weighted by atomic mass is 32.1. The number of para-hydroxylation sites is 2. The highest BCUT2D eigenvalue weighted by Crippen LogP contribution is 2.40. The van der Waals surface area contributed by atoms with Gasteiger partial charge < -0.3 is 30.1 Å². The lowest BCUT2D eigenvalue weighted by Crippen LogP contribution is -2.30. The van der Waals surface area contributed by atoms with Gasteiger partial charge in [-0.15, -0.1) is 0 Å². The van der Waals surface area contributed by atoms with Crippen molar-refractivity contribution in [2.24, 2.45) is 0 Å². The summed E-state index contributed by atoms with van der Waals surface area (Å²) in [5, 5.41) is 24.1. The smallest absolute Gasteiger partial charge is 0.323 e. The Morgan fingerprint density at radius 2 is 1.86 bits per heavy atom. The fourth-order valence-corrected chi connectivity index (χ4v) is 4.16. The summed E-state index contributed by atoms with van der Waals surface area (Å²) in [5.74, 6) is -0.582. The third-order valence-electron chi connectivity index (χ3n) is 5.82. The number of anilines is 4. The van der Waals surface area contributed by atoms with Crippen LogP contribution in [0.3, 0.4) is 0 Å². The van der Waals surface area contributed by atoms with Crippen molar-refractivity contribution in [1.29, 1.82) is 5.26 Å². The fourth-order valence-electron chi connectivity index (χ4n) is 4.16. The molecule has 0 spiro atoms. The molecule has 192 valence electrons. The summed E-state index contributed by atoms with van der Waals surface area (Å²) >= 11 is 0.